The maximum Gasteiger partial charge on any atom is 0.335 e. The number of carboxylic acids is 1. The average Bonchev–Trinajstić information content (AvgIpc) is 2.60. The number of rotatable bonds is 20. The lowest BCUT2D eigenvalue weighted by Crippen LogP contribution is -2.34. The van der Waals surface area contributed by atoms with Crippen LogP contribution in [0.3, 0.4) is 0 Å². The second-order valence-electron chi connectivity index (χ2n) is 8.34. The van der Waals surface area contributed by atoms with Gasteiger partial charge in [0, 0.05) is 0 Å². The molecule has 26 heavy (non-hydrogen) atoms. The zero-order valence-corrected chi connectivity index (χ0v) is 17.7. The van der Waals surface area contributed by atoms with E-state index in [1.807, 2.05) is 0 Å². The number of unbranched alkanes of at least 4 members (excludes halogenated alkanes) is 17. The third kappa shape index (κ3) is 16.9. The molecule has 0 aromatic carbocycles. The first-order chi connectivity index (χ1) is 12.5. The van der Waals surface area contributed by atoms with Crippen LogP contribution >= 0.6 is 0 Å². The van der Waals surface area contributed by atoms with Gasteiger partial charge in [0.15, 0.2) is 5.60 Å². The van der Waals surface area contributed by atoms with Crippen LogP contribution in [0.2, 0.25) is 0 Å². The maximum absolute atomic E-state index is 10.8. The Balaban J connectivity index is 3.13. The van der Waals surface area contributed by atoms with Crippen molar-refractivity contribution in [1.82, 2.24) is 0 Å². The largest absolute Gasteiger partial charge is 0.479 e. The minimum Gasteiger partial charge on any atom is -0.479 e. The molecule has 1 unspecified atom stereocenters. The van der Waals surface area contributed by atoms with Crippen molar-refractivity contribution in [1.29, 1.82) is 0 Å². The fourth-order valence-corrected chi connectivity index (χ4v) is 3.48. The Kier molecular flexibility index (Phi) is 17.4. The van der Waals surface area contributed by atoms with Gasteiger partial charge in [-0.05, 0) is 19.8 Å². The summed E-state index contributed by atoms with van der Waals surface area (Å²) in [7, 11) is 0. The molecule has 0 aliphatic heterocycles. The molecule has 1 atom stereocenters. The zero-order valence-electron chi connectivity index (χ0n) is 17.7. The molecule has 0 bridgehead atoms. The van der Waals surface area contributed by atoms with Crippen molar-refractivity contribution in [3.05, 3.63) is 0 Å². The van der Waals surface area contributed by atoms with E-state index in [-0.39, 0.29) is 0 Å². The Morgan fingerprint density at radius 3 is 1.15 bits per heavy atom. The summed E-state index contributed by atoms with van der Waals surface area (Å²) in [5, 5.41) is 18.5. The van der Waals surface area contributed by atoms with Crippen molar-refractivity contribution >= 4 is 5.97 Å². The quantitative estimate of drug-likeness (QED) is 0.222. The number of carbonyl (C=O) groups is 1. The molecule has 0 radical (unpaired) electrons. The van der Waals surface area contributed by atoms with Crippen LogP contribution in [-0.4, -0.2) is 21.8 Å². The van der Waals surface area contributed by atoms with Crippen molar-refractivity contribution in [3.8, 4) is 0 Å². The molecule has 0 saturated carbocycles. The Labute approximate surface area is 163 Å². The van der Waals surface area contributed by atoms with Crippen LogP contribution in [0, 0.1) is 0 Å². The van der Waals surface area contributed by atoms with Crippen molar-refractivity contribution in [2.45, 2.75) is 141 Å². The Bertz CT molecular complexity index is 313. The first kappa shape index (κ1) is 25.4. The molecule has 0 aliphatic rings. The molecule has 3 heteroatoms. The van der Waals surface area contributed by atoms with E-state index in [1.54, 1.807) is 0 Å². The molecule has 0 aliphatic carbocycles. The van der Waals surface area contributed by atoms with Gasteiger partial charge in [0.25, 0.3) is 0 Å². The standard InChI is InChI=1S/C23H46O3/c1-3-4-5-6-7-8-9-10-11-12-13-14-15-16-17-18-19-20-21-23(2,26)22(24)25/h26H,3-21H2,1-2H3,(H,24,25). The zero-order chi connectivity index (χ0) is 19.5. The molecular weight excluding hydrogens is 324 g/mol. The maximum atomic E-state index is 10.8. The monoisotopic (exact) mass is 370 g/mol. The van der Waals surface area contributed by atoms with E-state index in [1.165, 1.54) is 103 Å². The number of aliphatic hydroxyl groups is 1. The molecular formula is C23H46O3. The van der Waals surface area contributed by atoms with Gasteiger partial charge >= 0.3 is 5.97 Å². The van der Waals surface area contributed by atoms with Gasteiger partial charge in [-0.2, -0.15) is 0 Å². The molecule has 0 aromatic rings. The summed E-state index contributed by atoms with van der Waals surface area (Å²) in [6.07, 6.45) is 24.2. The normalized spacial score (nSPS) is 13.7. The summed E-state index contributed by atoms with van der Waals surface area (Å²) in [5.41, 5.74) is -1.55. The highest BCUT2D eigenvalue weighted by Gasteiger charge is 2.28. The highest BCUT2D eigenvalue weighted by Crippen LogP contribution is 2.17. The highest BCUT2D eigenvalue weighted by molar-refractivity contribution is 5.76. The van der Waals surface area contributed by atoms with E-state index >= 15 is 0 Å². The van der Waals surface area contributed by atoms with Gasteiger partial charge in [0.2, 0.25) is 0 Å². The Morgan fingerprint density at radius 2 is 0.885 bits per heavy atom. The van der Waals surface area contributed by atoms with Crippen molar-refractivity contribution in [3.63, 3.8) is 0 Å². The van der Waals surface area contributed by atoms with Gasteiger partial charge in [-0.3, -0.25) is 0 Å². The molecule has 0 spiro atoms. The smallest absolute Gasteiger partial charge is 0.335 e. The second-order valence-corrected chi connectivity index (χ2v) is 8.34. The number of carboxylic acid groups (broad SMARTS) is 1. The Hall–Kier alpha value is -0.570. The Morgan fingerprint density at radius 1 is 0.615 bits per heavy atom. The summed E-state index contributed by atoms with van der Waals surface area (Å²) in [6.45, 7) is 3.67. The van der Waals surface area contributed by atoms with Gasteiger partial charge in [-0.15, -0.1) is 0 Å². The van der Waals surface area contributed by atoms with Crippen LogP contribution in [-0.2, 0) is 4.79 Å². The van der Waals surface area contributed by atoms with E-state index in [2.05, 4.69) is 6.92 Å². The van der Waals surface area contributed by atoms with Crippen LogP contribution in [0.4, 0.5) is 0 Å². The highest BCUT2D eigenvalue weighted by atomic mass is 16.4. The lowest BCUT2D eigenvalue weighted by atomic mass is 9.97. The predicted molar refractivity (Wildman–Crippen MR) is 112 cm³/mol. The van der Waals surface area contributed by atoms with Crippen LogP contribution in [0.1, 0.15) is 136 Å². The van der Waals surface area contributed by atoms with Crippen molar-refractivity contribution in [2.24, 2.45) is 0 Å². The molecule has 0 fully saturated rings. The van der Waals surface area contributed by atoms with E-state index in [9.17, 15) is 9.90 Å². The molecule has 0 saturated heterocycles. The molecule has 0 amide bonds. The fourth-order valence-electron chi connectivity index (χ4n) is 3.48. The summed E-state index contributed by atoms with van der Waals surface area (Å²) >= 11 is 0. The number of hydrogen-bond acceptors (Lipinski definition) is 2. The van der Waals surface area contributed by atoms with E-state index in [0.29, 0.717) is 6.42 Å². The molecule has 3 nitrogen and oxygen atoms in total. The summed E-state index contributed by atoms with van der Waals surface area (Å²) in [6, 6.07) is 0. The van der Waals surface area contributed by atoms with E-state index in [0.717, 1.165) is 19.3 Å². The fraction of sp³-hybridized carbons (Fsp3) is 0.957. The van der Waals surface area contributed by atoms with Gasteiger partial charge in [-0.1, -0.05) is 116 Å². The van der Waals surface area contributed by atoms with Crippen LogP contribution in [0.5, 0.6) is 0 Å². The molecule has 156 valence electrons. The van der Waals surface area contributed by atoms with E-state index < -0.39 is 11.6 Å². The lowest BCUT2D eigenvalue weighted by Gasteiger charge is -2.17. The molecule has 0 rings (SSSR count). The van der Waals surface area contributed by atoms with E-state index in [4.69, 9.17) is 5.11 Å². The van der Waals surface area contributed by atoms with Gasteiger partial charge in [0.1, 0.15) is 0 Å². The van der Waals surface area contributed by atoms with Gasteiger partial charge < -0.3 is 10.2 Å². The third-order valence-corrected chi connectivity index (χ3v) is 5.48. The second kappa shape index (κ2) is 17.8. The first-order valence-electron chi connectivity index (χ1n) is 11.5. The van der Waals surface area contributed by atoms with Crippen LogP contribution in [0.25, 0.3) is 0 Å². The first-order valence-corrected chi connectivity index (χ1v) is 11.5. The average molecular weight is 371 g/mol. The minimum atomic E-state index is -1.55. The number of hydrogen-bond donors (Lipinski definition) is 2. The molecule has 0 heterocycles. The molecule has 2 N–H and O–H groups in total. The van der Waals surface area contributed by atoms with Gasteiger partial charge in [0.05, 0.1) is 0 Å². The predicted octanol–water partition coefficient (Wildman–Crippen LogP) is 7.25. The van der Waals surface area contributed by atoms with Crippen molar-refractivity contribution in [2.75, 3.05) is 0 Å². The summed E-state index contributed by atoms with van der Waals surface area (Å²) < 4.78 is 0. The van der Waals surface area contributed by atoms with Gasteiger partial charge in [-0.25, -0.2) is 4.79 Å². The van der Waals surface area contributed by atoms with Crippen molar-refractivity contribution < 1.29 is 15.0 Å². The number of aliphatic carboxylic acids is 1. The van der Waals surface area contributed by atoms with Crippen LogP contribution in [0.15, 0.2) is 0 Å². The molecule has 0 aromatic heterocycles. The third-order valence-electron chi connectivity index (χ3n) is 5.48. The SMILES string of the molecule is CCCCCCCCCCCCCCCCCCCCC(C)(O)C(=O)O. The lowest BCUT2D eigenvalue weighted by molar-refractivity contribution is -0.157. The topological polar surface area (TPSA) is 57.5 Å². The summed E-state index contributed by atoms with van der Waals surface area (Å²) in [5.74, 6) is -1.11. The minimum absolute atomic E-state index is 0.362. The summed E-state index contributed by atoms with van der Waals surface area (Å²) in [4.78, 5) is 10.8. The van der Waals surface area contributed by atoms with Crippen LogP contribution < -0.4 is 0 Å².